The van der Waals surface area contributed by atoms with E-state index < -0.39 is 44.5 Å². The Labute approximate surface area is 149 Å². The lowest BCUT2D eigenvalue weighted by Crippen LogP contribution is -2.48. The van der Waals surface area contributed by atoms with Crippen LogP contribution in [-0.4, -0.2) is 56.0 Å². The first-order valence-corrected chi connectivity index (χ1v) is 9.38. The molecular formula is C15H18N2O8S. The zero-order chi connectivity index (χ0) is 19.5. The molecule has 1 aliphatic heterocycles. The van der Waals surface area contributed by atoms with Gasteiger partial charge in [0.05, 0.1) is 34.6 Å². The van der Waals surface area contributed by atoms with Gasteiger partial charge in [-0.1, -0.05) is 0 Å². The minimum atomic E-state index is -3.19. The number of ether oxygens (including phenoxy) is 2. The molecule has 1 amide bonds. The van der Waals surface area contributed by atoms with Gasteiger partial charge in [-0.05, 0) is 25.5 Å². The zero-order valence-corrected chi connectivity index (χ0v) is 15.0. The fraction of sp³-hybridized carbons (Fsp3) is 0.467. The predicted octanol–water partition coefficient (Wildman–Crippen LogP) is 0.454. The Hall–Kier alpha value is -2.69. The van der Waals surface area contributed by atoms with E-state index in [2.05, 4.69) is 10.1 Å². The number of hydrogen-bond acceptors (Lipinski definition) is 8. The van der Waals surface area contributed by atoms with Crippen LogP contribution < -0.4 is 10.1 Å². The third-order valence-electron chi connectivity index (χ3n) is 3.88. The molecule has 0 spiro atoms. The van der Waals surface area contributed by atoms with Crippen LogP contribution >= 0.6 is 0 Å². The lowest BCUT2D eigenvalue weighted by molar-refractivity contribution is -0.385. The molecule has 0 bridgehead atoms. The molecule has 1 unspecified atom stereocenters. The van der Waals surface area contributed by atoms with Crippen LogP contribution in [0.3, 0.4) is 0 Å². The van der Waals surface area contributed by atoms with Crippen LogP contribution in [0.25, 0.3) is 0 Å². The lowest BCUT2D eigenvalue weighted by Gasteiger charge is -2.23. The molecule has 10 nitrogen and oxygen atoms in total. The quantitative estimate of drug-likeness (QED) is 0.422. The fourth-order valence-corrected chi connectivity index (χ4v) is 4.75. The molecule has 26 heavy (non-hydrogen) atoms. The van der Waals surface area contributed by atoms with Crippen molar-refractivity contribution in [3.05, 3.63) is 33.9 Å². The van der Waals surface area contributed by atoms with E-state index in [-0.39, 0.29) is 29.2 Å². The molecule has 1 heterocycles. The molecule has 1 aromatic carbocycles. The number of nitro benzene ring substituents is 1. The summed E-state index contributed by atoms with van der Waals surface area (Å²) in [5.41, 5.74) is -1.41. The van der Waals surface area contributed by atoms with Crippen molar-refractivity contribution in [3.63, 3.8) is 0 Å². The maximum absolute atomic E-state index is 12.0. The number of methoxy groups -OCH3 is 1. The van der Waals surface area contributed by atoms with Gasteiger partial charge in [0.2, 0.25) is 0 Å². The number of sulfone groups is 1. The van der Waals surface area contributed by atoms with Crippen molar-refractivity contribution in [3.8, 4) is 5.75 Å². The topological polar surface area (TPSA) is 142 Å². The number of nitro groups is 1. The maximum atomic E-state index is 12.0. The molecule has 0 radical (unpaired) electrons. The lowest BCUT2D eigenvalue weighted by atomic mass is 10.0. The Balaban J connectivity index is 2.06. The second kappa shape index (κ2) is 7.28. The normalized spacial score (nSPS) is 21.0. The first-order chi connectivity index (χ1) is 12.1. The van der Waals surface area contributed by atoms with Gasteiger partial charge < -0.3 is 14.8 Å². The summed E-state index contributed by atoms with van der Waals surface area (Å²) in [4.78, 5) is 33.9. The second-order valence-corrected chi connectivity index (χ2v) is 8.35. The number of carbonyl (C=O) groups excluding carboxylic acids is 2. The minimum absolute atomic E-state index is 0.00883. The zero-order valence-electron chi connectivity index (χ0n) is 14.2. The summed E-state index contributed by atoms with van der Waals surface area (Å²) in [7, 11) is -2.04. The first-order valence-electron chi connectivity index (χ1n) is 7.56. The fourth-order valence-electron chi connectivity index (χ4n) is 2.65. The molecule has 1 fully saturated rings. The van der Waals surface area contributed by atoms with Gasteiger partial charge in [0, 0.05) is 6.07 Å². The molecule has 0 saturated carbocycles. The average Bonchev–Trinajstić information content (AvgIpc) is 2.84. The van der Waals surface area contributed by atoms with E-state index in [0.29, 0.717) is 0 Å². The van der Waals surface area contributed by atoms with Gasteiger partial charge in [-0.3, -0.25) is 14.9 Å². The third-order valence-corrected chi connectivity index (χ3v) is 5.78. The van der Waals surface area contributed by atoms with Crippen molar-refractivity contribution in [1.82, 2.24) is 5.32 Å². The Morgan fingerprint density at radius 2 is 2.08 bits per heavy atom. The van der Waals surface area contributed by atoms with Crippen LogP contribution in [0.15, 0.2) is 18.2 Å². The van der Waals surface area contributed by atoms with Gasteiger partial charge in [0.25, 0.3) is 5.91 Å². The van der Waals surface area contributed by atoms with E-state index in [0.717, 1.165) is 13.2 Å². The van der Waals surface area contributed by atoms with Crippen LogP contribution in [0.2, 0.25) is 0 Å². The number of nitrogens with zero attached hydrogens (tertiary/aromatic N) is 1. The van der Waals surface area contributed by atoms with E-state index in [9.17, 15) is 28.1 Å². The Bertz CT molecular complexity index is 851. The molecule has 1 aromatic rings. The smallest absolute Gasteiger partial charge is 0.338 e. The predicted molar refractivity (Wildman–Crippen MR) is 89.7 cm³/mol. The van der Waals surface area contributed by atoms with Gasteiger partial charge in [0.1, 0.15) is 0 Å². The van der Waals surface area contributed by atoms with Crippen molar-refractivity contribution in [2.75, 3.05) is 25.2 Å². The highest BCUT2D eigenvalue weighted by Gasteiger charge is 2.39. The second-order valence-electron chi connectivity index (χ2n) is 6.17. The number of rotatable bonds is 6. The summed E-state index contributed by atoms with van der Waals surface area (Å²) in [6.45, 7) is 1.08. The van der Waals surface area contributed by atoms with Crippen LogP contribution in [0.1, 0.15) is 23.7 Å². The highest BCUT2D eigenvalue weighted by atomic mass is 32.2. The van der Waals surface area contributed by atoms with Crippen LogP contribution in [0, 0.1) is 10.1 Å². The van der Waals surface area contributed by atoms with Gasteiger partial charge in [-0.25, -0.2) is 13.2 Å². The average molecular weight is 386 g/mol. The summed E-state index contributed by atoms with van der Waals surface area (Å²) in [5, 5.41) is 13.7. The summed E-state index contributed by atoms with van der Waals surface area (Å²) >= 11 is 0. The standard InChI is InChI=1S/C15H18N2O8S/c1-15(5-6-26(22,23)9-15)16-13(18)8-25-12-4-3-10(14(19)24-2)7-11(12)17(20)21/h3-4,7H,5-6,8-9H2,1-2H3,(H,16,18). The molecule has 2 rings (SSSR count). The first kappa shape index (κ1) is 19.6. The highest BCUT2D eigenvalue weighted by Crippen LogP contribution is 2.28. The van der Waals surface area contributed by atoms with Crippen molar-refractivity contribution in [1.29, 1.82) is 0 Å². The van der Waals surface area contributed by atoms with Crippen molar-refractivity contribution < 1.29 is 32.4 Å². The van der Waals surface area contributed by atoms with E-state index in [4.69, 9.17) is 4.74 Å². The number of hydrogen-bond donors (Lipinski definition) is 1. The molecular weight excluding hydrogens is 368 g/mol. The largest absolute Gasteiger partial charge is 0.477 e. The molecule has 1 saturated heterocycles. The number of carbonyl (C=O) groups is 2. The molecule has 0 aliphatic carbocycles. The van der Waals surface area contributed by atoms with Crippen molar-refractivity contribution >= 4 is 27.4 Å². The molecule has 1 atom stereocenters. The third kappa shape index (κ3) is 4.69. The Morgan fingerprint density at radius 3 is 2.62 bits per heavy atom. The van der Waals surface area contributed by atoms with E-state index in [1.807, 2.05) is 0 Å². The van der Waals surface area contributed by atoms with E-state index in [1.54, 1.807) is 6.92 Å². The minimum Gasteiger partial charge on any atom is -0.477 e. The van der Waals surface area contributed by atoms with Gasteiger partial charge in [0.15, 0.2) is 22.2 Å². The number of esters is 1. The maximum Gasteiger partial charge on any atom is 0.338 e. The SMILES string of the molecule is COC(=O)c1ccc(OCC(=O)NC2(C)CCS(=O)(=O)C2)c([N+](=O)[O-])c1. The Morgan fingerprint density at radius 1 is 1.38 bits per heavy atom. The number of benzene rings is 1. The molecule has 1 aliphatic rings. The molecule has 11 heteroatoms. The van der Waals surface area contributed by atoms with Gasteiger partial charge >= 0.3 is 11.7 Å². The Kier molecular flexibility index (Phi) is 5.50. The molecule has 1 N–H and O–H groups in total. The highest BCUT2D eigenvalue weighted by molar-refractivity contribution is 7.91. The van der Waals surface area contributed by atoms with Crippen LogP contribution in [0.5, 0.6) is 5.75 Å². The molecule has 0 aromatic heterocycles. The van der Waals surface area contributed by atoms with Gasteiger partial charge in [-0.15, -0.1) is 0 Å². The van der Waals surface area contributed by atoms with Crippen LogP contribution in [0.4, 0.5) is 5.69 Å². The van der Waals surface area contributed by atoms with Crippen molar-refractivity contribution in [2.24, 2.45) is 0 Å². The number of nitrogens with one attached hydrogen (secondary N) is 1. The summed E-state index contributed by atoms with van der Waals surface area (Å²) in [5.74, 6) is -1.71. The molecule has 142 valence electrons. The van der Waals surface area contributed by atoms with E-state index in [1.165, 1.54) is 12.1 Å². The number of amides is 1. The van der Waals surface area contributed by atoms with E-state index >= 15 is 0 Å². The van der Waals surface area contributed by atoms with Crippen molar-refractivity contribution in [2.45, 2.75) is 18.9 Å². The van der Waals surface area contributed by atoms with Crippen LogP contribution in [-0.2, 0) is 19.4 Å². The summed E-state index contributed by atoms with van der Waals surface area (Å²) < 4.78 is 32.8. The monoisotopic (exact) mass is 386 g/mol. The summed E-state index contributed by atoms with van der Waals surface area (Å²) in [6, 6.07) is 3.46. The summed E-state index contributed by atoms with van der Waals surface area (Å²) in [6.07, 6.45) is 0.287. The van der Waals surface area contributed by atoms with Gasteiger partial charge in [-0.2, -0.15) is 0 Å².